The van der Waals surface area contributed by atoms with Gasteiger partial charge in [0.1, 0.15) is 12.4 Å². The van der Waals surface area contributed by atoms with Gasteiger partial charge in [0.05, 0.1) is 40.1 Å². The molecule has 1 fully saturated rings. The van der Waals surface area contributed by atoms with E-state index in [9.17, 15) is 27.9 Å². The zero-order chi connectivity index (χ0) is 37.4. The molecule has 1 aromatic heterocycles. The standard InChI is InChI=1S/C37H44ClN5O8S/c1-4-6-15-42(16-7-5-2)36(45)34-33(38)25(3)43(39-34)31-14-12-27(23-30(31)37(46)47)35(44)40-52(48,49)28-13-11-26-9-8-10-32(29(26)24-28)51-22-19-41-17-20-50-21-18-41/h8-14,23-24H,4-7,15-22H2,1-3H3,(H,40,44)(H,46,47). The van der Waals surface area contributed by atoms with Crippen molar-refractivity contribution in [1.29, 1.82) is 0 Å². The summed E-state index contributed by atoms with van der Waals surface area (Å²) in [6, 6.07) is 13.5. The molecule has 1 aliphatic heterocycles. The summed E-state index contributed by atoms with van der Waals surface area (Å²) < 4.78 is 41.7. The highest BCUT2D eigenvalue weighted by molar-refractivity contribution is 7.90. The number of amides is 2. The molecule has 0 saturated carbocycles. The molecule has 15 heteroatoms. The number of nitrogens with one attached hydrogen (secondary N) is 1. The summed E-state index contributed by atoms with van der Waals surface area (Å²) in [5, 5.41) is 16.0. The van der Waals surface area contributed by atoms with Gasteiger partial charge >= 0.3 is 5.97 Å². The van der Waals surface area contributed by atoms with E-state index in [2.05, 4.69) is 14.7 Å². The summed E-state index contributed by atoms with van der Waals surface area (Å²) in [5.74, 6) is -2.27. The third kappa shape index (κ3) is 8.92. The van der Waals surface area contributed by atoms with Crippen LogP contribution in [0.5, 0.6) is 5.75 Å². The molecule has 1 saturated heterocycles. The summed E-state index contributed by atoms with van der Waals surface area (Å²) in [6.07, 6.45) is 3.41. The molecule has 278 valence electrons. The molecule has 4 aromatic rings. The summed E-state index contributed by atoms with van der Waals surface area (Å²) in [7, 11) is -4.39. The Morgan fingerprint density at radius 3 is 2.40 bits per heavy atom. The van der Waals surface area contributed by atoms with Gasteiger partial charge in [-0.15, -0.1) is 0 Å². The number of ether oxygens (including phenoxy) is 2. The quantitative estimate of drug-likeness (QED) is 0.148. The zero-order valence-electron chi connectivity index (χ0n) is 29.6. The van der Waals surface area contributed by atoms with Crippen LogP contribution in [0, 0.1) is 6.92 Å². The molecule has 2 N–H and O–H groups in total. The Hall–Kier alpha value is -4.50. The first kappa shape index (κ1) is 38.7. The Morgan fingerprint density at radius 1 is 1.02 bits per heavy atom. The minimum absolute atomic E-state index is 0.00308. The van der Waals surface area contributed by atoms with Gasteiger partial charge in [-0.2, -0.15) is 5.10 Å². The van der Waals surface area contributed by atoms with Crippen LogP contribution in [0.25, 0.3) is 16.5 Å². The van der Waals surface area contributed by atoms with Gasteiger partial charge in [-0.25, -0.2) is 22.6 Å². The molecule has 0 bridgehead atoms. The van der Waals surface area contributed by atoms with Gasteiger partial charge in [0.15, 0.2) is 5.69 Å². The molecule has 0 unspecified atom stereocenters. The molecule has 1 aliphatic rings. The van der Waals surface area contributed by atoms with Crippen molar-refractivity contribution in [2.24, 2.45) is 0 Å². The van der Waals surface area contributed by atoms with Gasteiger partial charge in [0.2, 0.25) is 0 Å². The lowest BCUT2D eigenvalue weighted by Crippen LogP contribution is -2.38. The largest absolute Gasteiger partial charge is 0.492 e. The number of rotatable bonds is 16. The Morgan fingerprint density at radius 2 is 1.73 bits per heavy atom. The number of benzene rings is 3. The molecule has 0 aliphatic carbocycles. The predicted octanol–water partition coefficient (Wildman–Crippen LogP) is 5.56. The Balaban J connectivity index is 1.37. The van der Waals surface area contributed by atoms with Crippen LogP contribution in [0.4, 0.5) is 0 Å². The fourth-order valence-corrected chi connectivity index (χ4v) is 7.11. The Labute approximate surface area is 308 Å². The lowest BCUT2D eigenvalue weighted by Gasteiger charge is -2.26. The van der Waals surface area contributed by atoms with Gasteiger partial charge in [0.25, 0.3) is 21.8 Å². The molecule has 5 rings (SSSR count). The lowest BCUT2D eigenvalue weighted by atomic mass is 10.1. The normalized spacial score (nSPS) is 13.6. The molecular weight excluding hydrogens is 710 g/mol. The predicted molar refractivity (Wildman–Crippen MR) is 197 cm³/mol. The highest BCUT2D eigenvalue weighted by Crippen LogP contribution is 2.30. The van der Waals surface area contributed by atoms with Crippen LogP contribution in [0.1, 0.15) is 76.4 Å². The average Bonchev–Trinajstić information content (AvgIpc) is 3.44. The molecule has 0 atom stereocenters. The fraction of sp³-hybridized carbons (Fsp3) is 0.405. The number of carboxylic acids is 1. The smallest absolute Gasteiger partial charge is 0.337 e. The number of carbonyl (C=O) groups excluding carboxylic acids is 2. The number of sulfonamides is 1. The van der Waals surface area contributed by atoms with Crippen molar-refractivity contribution >= 4 is 50.2 Å². The number of halogens is 1. The molecule has 2 heterocycles. The van der Waals surface area contributed by atoms with E-state index in [4.69, 9.17) is 21.1 Å². The molecule has 2 amide bonds. The minimum Gasteiger partial charge on any atom is -0.492 e. The topological polar surface area (TPSA) is 160 Å². The maximum atomic E-state index is 13.5. The van der Waals surface area contributed by atoms with Gasteiger partial charge in [-0.1, -0.05) is 56.5 Å². The molecule has 0 spiro atoms. The van der Waals surface area contributed by atoms with Gasteiger partial charge in [-0.05, 0) is 61.5 Å². The van der Waals surface area contributed by atoms with E-state index in [1.807, 2.05) is 26.0 Å². The monoisotopic (exact) mass is 753 g/mol. The highest BCUT2D eigenvalue weighted by atomic mass is 35.5. The number of unbranched alkanes of at least 4 members (excludes halogenated alkanes) is 2. The second-order valence-corrected chi connectivity index (χ2v) is 14.6. The summed E-state index contributed by atoms with van der Waals surface area (Å²) >= 11 is 6.60. The molecule has 3 aromatic carbocycles. The second-order valence-electron chi connectivity index (χ2n) is 12.6. The third-order valence-electron chi connectivity index (χ3n) is 8.93. The number of aromatic nitrogens is 2. The number of nitrogens with zero attached hydrogens (tertiary/aromatic N) is 4. The van der Waals surface area contributed by atoms with Crippen molar-refractivity contribution in [3.05, 3.63) is 82.1 Å². The third-order valence-corrected chi connectivity index (χ3v) is 10.7. The van der Waals surface area contributed by atoms with E-state index >= 15 is 0 Å². The number of fused-ring (bicyclic) bond motifs is 1. The van der Waals surface area contributed by atoms with Gasteiger partial charge in [0, 0.05) is 43.7 Å². The number of carboxylic acid groups (broad SMARTS) is 1. The van der Waals surface area contributed by atoms with E-state index in [-0.39, 0.29) is 38.3 Å². The van der Waals surface area contributed by atoms with Crippen molar-refractivity contribution in [2.75, 3.05) is 52.5 Å². The Bertz CT molecular complexity index is 2040. The van der Waals surface area contributed by atoms with Crippen molar-refractivity contribution in [3.63, 3.8) is 0 Å². The van der Waals surface area contributed by atoms with Crippen molar-refractivity contribution in [2.45, 2.75) is 51.3 Å². The highest BCUT2D eigenvalue weighted by Gasteiger charge is 2.27. The van der Waals surface area contributed by atoms with Crippen LogP contribution in [0.15, 0.2) is 59.5 Å². The maximum absolute atomic E-state index is 13.5. The fourth-order valence-electron chi connectivity index (χ4n) is 5.92. The minimum atomic E-state index is -4.39. The van der Waals surface area contributed by atoms with E-state index in [1.54, 1.807) is 24.0 Å². The van der Waals surface area contributed by atoms with E-state index in [0.717, 1.165) is 50.2 Å². The van der Waals surface area contributed by atoms with E-state index in [1.165, 1.54) is 28.9 Å². The van der Waals surface area contributed by atoms with E-state index in [0.29, 0.717) is 56.3 Å². The number of hydrogen-bond donors (Lipinski definition) is 2. The van der Waals surface area contributed by atoms with Crippen LogP contribution in [-0.2, 0) is 14.8 Å². The first-order valence-corrected chi connectivity index (χ1v) is 19.3. The second kappa shape index (κ2) is 17.3. The van der Waals surface area contributed by atoms with Crippen LogP contribution < -0.4 is 9.46 Å². The zero-order valence-corrected chi connectivity index (χ0v) is 31.1. The van der Waals surface area contributed by atoms with Crippen molar-refractivity contribution in [3.8, 4) is 11.4 Å². The van der Waals surface area contributed by atoms with Crippen LogP contribution in [0.2, 0.25) is 5.02 Å². The van der Waals surface area contributed by atoms with Gasteiger partial charge in [-0.3, -0.25) is 14.5 Å². The summed E-state index contributed by atoms with van der Waals surface area (Å²) in [6.45, 7) is 10.8. The number of hydrogen-bond acceptors (Lipinski definition) is 9. The van der Waals surface area contributed by atoms with E-state index < -0.39 is 21.9 Å². The number of morpholine rings is 1. The molecular formula is C37H44ClN5O8S. The van der Waals surface area contributed by atoms with Crippen LogP contribution in [0.3, 0.4) is 0 Å². The average molecular weight is 754 g/mol. The first-order valence-electron chi connectivity index (χ1n) is 17.4. The summed E-state index contributed by atoms with van der Waals surface area (Å²) in [5.41, 5.74) is -0.176. The number of carbonyl (C=O) groups is 3. The van der Waals surface area contributed by atoms with Crippen molar-refractivity contribution in [1.82, 2.24) is 24.3 Å². The maximum Gasteiger partial charge on any atom is 0.337 e. The number of aromatic carboxylic acids is 1. The first-order chi connectivity index (χ1) is 24.9. The van der Waals surface area contributed by atoms with Crippen LogP contribution in [-0.4, -0.2) is 103 Å². The molecule has 0 radical (unpaired) electrons. The van der Waals surface area contributed by atoms with Gasteiger partial charge < -0.3 is 19.5 Å². The molecule has 13 nitrogen and oxygen atoms in total. The Kier molecular flexibility index (Phi) is 12.9. The molecule has 52 heavy (non-hydrogen) atoms. The summed E-state index contributed by atoms with van der Waals surface area (Å²) in [4.78, 5) is 43.1. The lowest BCUT2D eigenvalue weighted by molar-refractivity contribution is 0.0323. The van der Waals surface area contributed by atoms with Crippen LogP contribution >= 0.6 is 11.6 Å². The SMILES string of the molecule is CCCCN(CCCC)C(=O)c1nn(-c2ccc(C(=O)NS(=O)(=O)c3ccc4cccc(OCCN5CCOCC5)c4c3)cc2C(=O)O)c(C)c1Cl. The van der Waals surface area contributed by atoms with Crippen molar-refractivity contribution < 1.29 is 37.4 Å².